The zero-order valence-electron chi connectivity index (χ0n) is 86.6. The van der Waals surface area contributed by atoms with E-state index in [0.717, 1.165) is 83.5 Å². The molecule has 4 aromatic heterocycles. The molecule has 39 heteroatoms. The number of aryl methyl sites for hydroxylation is 4. The first-order valence-electron chi connectivity index (χ1n) is 50.0. The van der Waals surface area contributed by atoms with E-state index in [9.17, 15) is 67.1 Å². The van der Waals surface area contributed by atoms with Gasteiger partial charge in [0, 0.05) is 120 Å². The highest BCUT2D eigenvalue weighted by atomic mass is 16.5. The molecule has 0 spiro atoms. The number of unbranched alkanes of at least 4 members (excludes halogenated alkanes) is 10. The Kier molecular flexibility index (Phi) is 40.7. The molecule has 8 atom stereocenters. The molecule has 780 valence electrons. The minimum absolute atomic E-state index is 0.0650. The van der Waals surface area contributed by atoms with Gasteiger partial charge in [0.15, 0.2) is 0 Å². The Morgan fingerprint density at radius 1 is 0.301 bits per heavy atom. The maximum atomic E-state index is 13.4. The summed E-state index contributed by atoms with van der Waals surface area (Å²) in [7, 11) is 0. The van der Waals surface area contributed by atoms with E-state index in [0.29, 0.717) is 122 Å². The molecule has 4 aliphatic rings. The third-order valence-electron chi connectivity index (χ3n) is 25.8. The van der Waals surface area contributed by atoms with Gasteiger partial charge in [-0.25, -0.2) is 63.1 Å². The zero-order chi connectivity index (χ0) is 105. The van der Waals surface area contributed by atoms with Crippen LogP contribution in [0, 0.1) is 71.0 Å². The molecule has 8 unspecified atom stereocenters. The average Bonchev–Trinajstić information content (AvgIpc) is 0.804. The number of rotatable bonds is 36. The minimum atomic E-state index is -0.485. The second-order valence-electron chi connectivity index (χ2n) is 44.0. The van der Waals surface area contributed by atoms with Crippen molar-refractivity contribution in [3.05, 3.63) is 178 Å². The van der Waals surface area contributed by atoms with Crippen LogP contribution in [-0.2, 0) is 9.47 Å². The van der Waals surface area contributed by atoms with Crippen LogP contribution in [0.4, 0.5) is 74.4 Å². The molecular formula is C104H153N23O16. The van der Waals surface area contributed by atoms with Gasteiger partial charge in [-0.15, -0.1) is 0 Å². The molecule has 4 saturated carbocycles. The number of nitrogens with one attached hydrogen (secondary N) is 19. The maximum absolute atomic E-state index is 13.4. The molecule has 19 N–H and O–H groups in total. The lowest BCUT2D eigenvalue weighted by atomic mass is 9.62. The van der Waals surface area contributed by atoms with Gasteiger partial charge in [-0.05, 0) is 234 Å². The first kappa shape index (κ1) is 113. The second kappa shape index (κ2) is 51.4. The summed E-state index contributed by atoms with van der Waals surface area (Å²) in [6.45, 7) is 38.9. The summed E-state index contributed by atoms with van der Waals surface area (Å²) in [5.41, 5.74) is 2.08. The molecule has 7 aromatic rings. The first-order valence-corrected chi connectivity index (χ1v) is 50.0. The largest absolute Gasteiger partial charge is 0.462 e. The number of nitrogens with zero attached hydrogens (tertiary/aromatic N) is 4. The van der Waals surface area contributed by atoms with Crippen molar-refractivity contribution in [2.75, 3.05) is 76.6 Å². The number of benzene rings is 3. The maximum Gasteiger partial charge on any atom is 0.338 e. The van der Waals surface area contributed by atoms with E-state index in [-0.39, 0.29) is 149 Å². The van der Waals surface area contributed by atoms with Gasteiger partial charge in [0.25, 0.3) is 28.1 Å². The quantitative estimate of drug-likeness (QED) is 0.0128. The smallest absolute Gasteiger partial charge is 0.338 e. The molecule has 0 aliphatic heterocycles. The molecule has 143 heavy (non-hydrogen) atoms. The van der Waals surface area contributed by atoms with Crippen molar-refractivity contribution in [2.24, 2.45) is 43.3 Å². The molecule has 4 heterocycles. The van der Waals surface area contributed by atoms with Crippen LogP contribution in [0.5, 0.6) is 0 Å². The van der Waals surface area contributed by atoms with Crippen LogP contribution in [0.2, 0.25) is 0 Å². The molecule has 0 bridgehead atoms. The summed E-state index contributed by atoms with van der Waals surface area (Å²) in [6, 6.07) is 22.0. The predicted molar refractivity (Wildman–Crippen MR) is 555 cm³/mol. The fourth-order valence-corrected chi connectivity index (χ4v) is 21.5. The van der Waals surface area contributed by atoms with E-state index >= 15 is 0 Å². The average molecular weight is 1980 g/mol. The van der Waals surface area contributed by atoms with E-state index in [1.165, 1.54) is 69.2 Å². The number of hydrogen-bond acceptors (Lipinski definition) is 20. The predicted octanol–water partition coefficient (Wildman–Crippen LogP) is 17.4. The molecule has 0 radical (unpaired) electrons. The number of aromatic nitrogens is 8. The van der Waals surface area contributed by atoms with Gasteiger partial charge in [-0.3, -0.25) is 65.2 Å². The minimum Gasteiger partial charge on any atom is -0.462 e. The van der Waals surface area contributed by atoms with Crippen LogP contribution in [0.15, 0.2) is 116 Å². The molecular weight excluding hydrogens is 1830 g/mol. The lowest BCUT2D eigenvalue weighted by molar-refractivity contribution is 0.0488. The Labute approximate surface area is 837 Å². The standard InChI is InChI=1S/C40H57N11O6.C33H50N6O5.C31H46N6O5/c1-23-13-29(52)48-32(43-23)50-34(55)41-21-39(7)17-27(15-37(3,4)19-39)45-31(54)25-9-11-26(12-10-25)46-36(57)47-28-16-38(5,6)20-40(8,18-28)22-42-35(56)51-33-44-24(2)14-30(53)49-33;1-6-7-8-9-10-11-12-17-44-28(41)24-13-15-25(16-14-24)36-31(43)37-26-19-32(3,4)21-33(5,20-26)22-34-30(42)39-29-35-23(2)18-27(40)38-29;1-6-7-8-9-10-15-42-26(39)22-11-13-23(14-12-22)34-29(41)35-24-17-30(3,4)19-31(5,18-24)20-32-28(40)37-27-33-21(2)16-25(38)36-27/h9-14,27-28H,15-22H2,1-8H3,(H,45,54)(H2,46,47,57)(H3,41,43,48,50,52,55)(H3,42,44,49,51,53,56);13-16,18,26H,6-12,17,19-22H2,1-5H3,(H2,36,37,43)(H3,34,35,38,39,40,42);11-14,16,24H,6-10,15,17-20H2,1-5H3,(H2,34,35,41)(H3,32,33,36,37,38,40). The van der Waals surface area contributed by atoms with Crippen LogP contribution in [0.3, 0.4) is 0 Å². The van der Waals surface area contributed by atoms with Crippen molar-refractivity contribution in [3.8, 4) is 0 Å². The number of carbonyl (C=O) groups is 10. The second-order valence-corrected chi connectivity index (χ2v) is 44.0. The molecule has 3 aromatic carbocycles. The lowest BCUT2D eigenvalue weighted by Crippen LogP contribution is -2.51. The van der Waals surface area contributed by atoms with Crippen LogP contribution in [-0.4, -0.2) is 163 Å². The lowest BCUT2D eigenvalue weighted by Gasteiger charge is -2.47. The summed E-state index contributed by atoms with van der Waals surface area (Å²) in [4.78, 5) is 201. The van der Waals surface area contributed by atoms with Crippen molar-refractivity contribution in [1.82, 2.24) is 82.4 Å². The van der Waals surface area contributed by atoms with Gasteiger partial charge in [-0.1, -0.05) is 161 Å². The van der Waals surface area contributed by atoms with Crippen LogP contribution in [0.25, 0.3) is 0 Å². The number of urea groups is 7. The van der Waals surface area contributed by atoms with Crippen molar-refractivity contribution >= 4 is 101 Å². The fourth-order valence-electron chi connectivity index (χ4n) is 21.5. The SMILES string of the molecule is CCCCCCCCCOC(=O)c1ccc(NC(=O)NC2CC(C)(C)CC(C)(CNC(=O)Nc3nc(C)cc(=O)[nH]3)C2)cc1.CCCCCCCOC(=O)c1ccc(NC(=O)NC2CC(C)(C)CC(C)(CNC(=O)Nc3nc(C)cc(=O)[nH]3)C2)cc1.Cc1cc(=O)[nH]c(NC(=O)NCC2(C)CC(NC(=O)Nc3ccc(C(=O)NC4CC(C)(C)CC(C)(CNC(=O)Nc5nc(C)cc(=O)[nH]5)C4)cc3)CC(C)(C)C2)n1. The van der Waals surface area contributed by atoms with E-state index in [1.54, 1.807) is 100 Å². The van der Waals surface area contributed by atoms with Crippen LogP contribution in [0.1, 0.15) is 305 Å². The van der Waals surface area contributed by atoms with Crippen molar-refractivity contribution < 1.29 is 57.4 Å². The highest BCUT2D eigenvalue weighted by Crippen LogP contribution is 2.50. The summed E-state index contributed by atoms with van der Waals surface area (Å²) >= 11 is 0. The number of hydrogen-bond donors (Lipinski definition) is 19. The number of carbonyl (C=O) groups excluding carboxylic acids is 10. The molecule has 0 saturated heterocycles. The number of H-pyrrole nitrogens is 4. The summed E-state index contributed by atoms with van der Waals surface area (Å²) in [5.74, 6) is -0.637. The first-order chi connectivity index (χ1) is 67.3. The molecule has 4 fully saturated rings. The highest BCUT2D eigenvalue weighted by molar-refractivity contribution is 5.97. The van der Waals surface area contributed by atoms with Gasteiger partial charge in [-0.2, -0.15) is 0 Å². The van der Waals surface area contributed by atoms with E-state index in [4.69, 9.17) is 9.47 Å². The summed E-state index contributed by atoms with van der Waals surface area (Å²) < 4.78 is 10.8. The van der Waals surface area contributed by atoms with E-state index < -0.39 is 24.1 Å². The highest BCUT2D eigenvalue weighted by Gasteiger charge is 2.47. The third kappa shape index (κ3) is 40.1. The Hall–Kier alpha value is -13.5. The Morgan fingerprint density at radius 3 is 0.776 bits per heavy atom. The summed E-state index contributed by atoms with van der Waals surface area (Å²) in [5, 5.41) is 43.0. The van der Waals surface area contributed by atoms with Crippen molar-refractivity contribution in [2.45, 2.75) is 303 Å². The van der Waals surface area contributed by atoms with Crippen molar-refractivity contribution in [1.29, 1.82) is 0 Å². The van der Waals surface area contributed by atoms with Crippen LogP contribution < -0.4 is 102 Å². The number of anilines is 7. The third-order valence-corrected chi connectivity index (χ3v) is 25.8. The number of ether oxygens (including phenoxy) is 2. The van der Waals surface area contributed by atoms with Crippen molar-refractivity contribution in [3.63, 3.8) is 0 Å². The zero-order valence-corrected chi connectivity index (χ0v) is 86.6. The molecule has 39 nitrogen and oxygen atoms in total. The number of aromatic amines is 4. The molecule has 15 amide bonds. The van der Waals surface area contributed by atoms with Crippen LogP contribution >= 0.6 is 0 Å². The van der Waals surface area contributed by atoms with Gasteiger partial charge in [0.1, 0.15) is 0 Å². The monoisotopic (exact) mass is 1980 g/mol. The van der Waals surface area contributed by atoms with E-state index in [1.807, 2.05) is 0 Å². The topological polar surface area (TPSA) is 553 Å². The Morgan fingerprint density at radius 2 is 0.531 bits per heavy atom. The Bertz CT molecular complexity index is 5760. The fraction of sp³-hybridized carbons (Fsp3) is 0.577. The van der Waals surface area contributed by atoms with Gasteiger partial charge >= 0.3 is 54.2 Å². The Balaban J connectivity index is 0.000000243. The normalized spacial score (nSPS) is 21.0. The van der Waals surface area contributed by atoms with Gasteiger partial charge < -0.3 is 68.0 Å². The summed E-state index contributed by atoms with van der Waals surface area (Å²) in [6.07, 6.45) is 22.6. The van der Waals surface area contributed by atoms with Gasteiger partial charge in [0.2, 0.25) is 23.8 Å². The number of esters is 2. The molecule has 4 aliphatic carbocycles. The van der Waals surface area contributed by atoms with E-state index in [2.05, 4.69) is 217 Å². The van der Waals surface area contributed by atoms with Gasteiger partial charge in [0.05, 0.1) is 24.3 Å². The molecule has 11 rings (SSSR count). The number of amides is 15.